The summed E-state index contributed by atoms with van der Waals surface area (Å²) in [6, 6.07) is 73.4. The number of nitrogens with zero attached hydrogens (tertiary/aromatic N) is 1. The van der Waals surface area contributed by atoms with Gasteiger partial charge in [0.15, 0.2) is 0 Å². The number of hydrogen-bond donors (Lipinski definition) is 0. The number of para-hydroxylation sites is 1. The lowest BCUT2D eigenvalue weighted by Crippen LogP contribution is -2.11. The van der Waals surface area contributed by atoms with E-state index in [-0.39, 0.29) is 0 Å². The van der Waals surface area contributed by atoms with E-state index in [2.05, 4.69) is 205 Å². The highest BCUT2D eigenvalue weighted by Crippen LogP contribution is 2.47. The molecule has 3 heteroatoms. The molecule has 0 aliphatic rings. The smallest absolute Gasteiger partial charge is 0.0540 e. The molecule has 0 fully saturated rings. The fourth-order valence-corrected chi connectivity index (χ4v) is 10.8. The Morgan fingerprint density at radius 2 is 0.745 bits per heavy atom. The van der Waals surface area contributed by atoms with E-state index in [1.165, 1.54) is 84.5 Å². The number of anilines is 3. The van der Waals surface area contributed by atoms with Gasteiger partial charge in [-0.3, -0.25) is 0 Å². The van der Waals surface area contributed by atoms with Crippen LogP contribution in [0.5, 0.6) is 0 Å². The molecule has 0 aliphatic heterocycles. The zero-order chi connectivity index (χ0) is 36.3. The van der Waals surface area contributed by atoms with Crippen molar-refractivity contribution in [2.24, 2.45) is 0 Å². The average Bonchev–Trinajstić information content (AvgIpc) is 3.83. The van der Waals surface area contributed by atoms with Crippen LogP contribution in [0.15, 0.2) is 200 Å². The second-order valence-electron chi connectivity index (χ2n) is 14.0. The average molecular weight is 736 g/mol. The number of thiophene rings is 2. The summed E-state index contributed by atoms with van der Waals surface area (Å²) < 4.78 is 5.28. The minimum atomic E-state index is 1.11. The number of fused-ring (bicyclic) bond motifs is 7. The van der Waals surface area contributed by atoms with Gasteiger partial charge >= 0.3 is 0 Å². The van der Waals surface area contributed by atoms with Crippen molar-refractivity contribution >= 4 is 90.9 Å². The molecule has 0 aliphatic carbocycles. The first-order chi connectivity index (χ1) is 27.3. The summed E-state index contributed by atoms with van der Waals surface area (Å²) in [7, 11) is 0. The predicted octanol–water partition coefficient (Wildman–Crippen LogP) is 16.0. The standard InChI is InChI=1S/C52H33NS2/c1-2-20-39-34(14-1)15-11-26-42(39)43-21-3-6-29-48(43)53(37-18-9-16-35(32-37)40-24-12-27-46-44-22-4-7-30-49(44)54-51(40)46)38-19-10-17-36(33-38)41-25-13-28-47-45-23-5-8-31-50(45)55-52(41)47/h1-33H. The van der Waals surface area contributed by atoms with Gasteiger partial charge in [-0.05, 0) is 81.1 Å². The molecule has 0 bridgehead atoms. The van der Waals surface area contributed by atoms with Crippen LogP contribution in [-0.2, 0) is 0 Å². The van der Waals surface area contributed by atoms with Crippen LogP contribution in [-0.4, -0.2) is 0 Å². The van der Waals surface area contributed by atoms with Gasteiger partial charge in [0.25, 0.3) is 0 Å². The second kappa shape index (κ2) is 13.1. The van der Waals surface area contributed by atoms with E-state index in [0.717, 1.165) is 17.1 Å². The first-order valence-corrected chi connectivity index (χ1v) is 20.3. The molecule has 0 saturated heterocycles. The van der Waals surface area contributed by atoms with Crippen LogP contribution in [0.1, 0.15) is 0 Å². The monoisotopic (exact) mass is 735 g/mol. The molecule has 2 heterocycles. The number of benzene rings is 9. The van der Waals surface area contributed by atoms with Gasteiger partial charge in [0.05, 0.1) is 5.69 Å². The quantitative estimate of drug-likeness (QED) is 0.164. The molecule has 1 nitrogen and oxygen atoms in total. The van der Waals surface area contributed by atoms with Gasteiger partial charge in [0, 0.05) is 57.3 Å². The first kappa shape index (κ1) is 32.0. The molecule has 0 N–H and O–H groups in total. The van der Waals surface area contributed by atoms with Gasteiger partial charge in [-0.1, -0.05) is 158 Å². The van der Waals surface area contributed by atoms with Gasteiger partial charge < -0.3 is 4.90 Å². The summed E-state index contributed by atoms with van der Waals surface area (Å²) in [6.45, 7) is 0. The van der Waals surface area contributed by atoms with Crippen LogP contribution in [0.3, 0.4) is 0 Å². The Balaban J connectivity index is 1.14. The van der Waals surface area contributed by atoms with Crippen LogP contribution in [0.25, 0.3) is 84.5 Å². The number of rotatable bonds is 6. The molecular formula is C52H33NS2. The molecular weight excluding hydrogens is 703 g/mol. The lowest BCUT2D eigenvalue weighted by molar-refractivity contribution is 1.28. The SMILES string of the molecule is c1cc(-c2cccc3c2sc2ccccc23)cc(N(c2cccc(-c3cccc4c3sc3ccccc34)c2)c2ccccc2-c2cccc3ccccc23)c1. The summed E-state index contributed by atoms with van der Waals surface area (Å²) in [5.74, 6) is 0. The Bertz CT molecular complexity index is 3080. The Kier molecular flexibility index (Phi) is 7.61. The van der Waals surface area contributed by atoms with E-state index in [4.69, 9.17) is 0 Å². The highest BCUT2D eigenvalue weighted by molar-refractivity contribution is 7.26. The lowest BCUT2D eigenvalue weighted by Gasteiger charge is -2.29. The summed E-state index contributed by atoms with van der Waals surface area (Å²) in [4.78, 5) is 2.46. The van der Waals surface area contributed by atoms with Crippen LogP contribution >= 0.6 is 22.7 Å². The Morgan fingerprint density at radius 1 is 0.309 bits per heavy atom. The molecule has 0 unspecified atom stereocenters. The fraction of sp³-hybridized carbons (Fsp3) is 0. The molecule has 258 valence electrons. The molecule has 55 heavy (non-hydrogen) atoms. The second-order valence-corrected chi connectivity index (χ2v) is 16.1. The maximum Gasteiger partial charge on any atom is 0.0540 e. The molecule has 2 aromatic heterocycles. The van der Waals surface area contributed by atoms with Crippen molar-refractivity contribution in [1.82, 2.24) is 0 Å². The Hall–Kier alpha value is -6.52. The zero-order valence-corrected chi connectivity index (χ0v) is 31.4. The zero-order valence-electron chi connectivity index (χ0n) is 29.8. The van der Waals surface area contributed by atoms with E-state index < -0.39 is 0 Å². The highest BCUT2D eigenvalue weighted by atomic mass is 32.1. The molecule has 0 spiro atoms. The fourth-order valence-electron chi connectivity index (χ4n) is 8.36. The molecule has 11 aromatic rings. The van der Waals surface area contributed by atoms with Crippen molar-refractivity contribution in [3.63, 3.8) is 0 Å². The molecule has 0 atom stereocenters. The lowest BCUT2D eigenvalue weighted by atomic mass is 9.95. The van der Waals surface area contributed by atoms with Crippen LogP contribution in [0.4, 0.5) is 17.1 Å². The molecule has 0 radical (unpaired) electrons. The summed E-state index contributed by atoms with van der Waals surface area (Å²) >= 11 is 3.76. The maximum absolute atomic E-state index is 2.46. The minimum absolute atomic E-state index is 1.11. The van der Waals surface area contributed by atoms with Crippen molar-refractivity contribution in [3.05, 3.63) is 200 Å². The largest absolute Gasteiger partial charge is 0.310 e. The van der Waals surface area contributed by atoms with Gasteiger partial charge in [0.1, 0.15) is 0 Å². The van der Waals surface area contributed by atoms with Crippen LogP contribution in [0.2, 0.25) is 0 Å². The van der Waals surface area contributed by atoms with Gasteiger partial charge in [-0.25, -0.2) is 0 Å². The topological polar surface area (TPSA) is 3.24 Å². The molecule has 0 saturated carbocycles. The maximum atomic E-state index is 2.46. The third-order valence-electron chi connectivity index (χ3n) is 10.9. The molecule has 9 aromatic carbocycles. The third kappa shape index (κ3) is 5.35. The minimum Gasteiger partial charge on any atom is -0.310 e. The number of hydrogen-bond acceptors (Lipinski definition) is 3. The van der Waals surface area contributed by atoms with Crippen molar-refractivity contribution in [1.29, 1.82) is 0 Å². The summed E-state index contributed by atoms with van der Waals surface area (Å²) in [5, 5.41) is 7.73. The third-order valence-corrected chi connectivity index (χ3v) is 13.3. The van der Waals surface area contributed by atoms with Crippen LogP contribution < -0.4 is 4.90 Å². The van der Waals surface area contributed by atoms with E-state index in [1.54, 1.807) is 0 Å². The summed E-state index contributed by atoms with van der Waals surface area (Å²) in [6.07, 6.45) is 0. The molecule has 11 rings (SSSR count). The Morgan fingerprint density at radius 3 is 1.38 bits per heavy atom. The normalized spacial score (nSPS) is 11.6. The van der Waals surface area contributed by atoms with Crippen molar-refractivity contribution < 1.29 is 0 Å². The first-order valence-electron chi connectivity index (χ1n) is 18.7. The van der Waals surface area contributed by atoms with Gasteiger partial charge in [-0.2, -0.15) is 0 Å². The van der Waals surface area contributed by atoms with E-state index in [1.807, 2.05) is 22.7 Å². The summed E-state index contributed by atoms with van der Waals surface area (Å²) in [5.41, 5.74) is 10.7. The van der Waals surface area contributed by atoms with E-state index >= 15 is 0 Å². The van der Waals surface area contributed by atoms with E-state index in [0.29, 0.717) is 0 Å². The van der Waals surface area contributed by atoms with Crippen molar-refractivity contribution in [3.8, 4) is 33.4 Å². The van der Waals surface area contributed by atoms with Crippen LogP contribution in [0, 0.1) is 0 Å². The Labute approximate surface area is 327 Å². The molecule has 0 amide bonds. The predicted molar refractivity (Wildman–Crippen MR) is 241 cm³/mol. The van der Waals surface area contributed by atoms with E-state index in [9.17, 15) is 0 Å². The van der Waals surface area contributed by atoms with Crippen molar-refractivity contribution in [2.45, 2.75) is 0 Å². The highest BCUT2D eigenvalue weighted by Gasteiger charge is 2.21. The van der Waals surface area contributed by atoms with Gasteiger partial charge in [0.2, 0.25) is 0 Å². The van der Waals surface area contributed by atoms with Crippen molar-refractivity contribution in [2.75, 3.05) is 4.90 Å². The van der Waals surface area contributed by atoms with Gasteiger partial charge in [-0.15, -0.1) is 22.7 Å².